The van der Waals surface area contributed by atoms with Crippen LogP contribution in [0.25, 0.3) is 0 Å². The van der Waals surface area contributed by atoms with E-state index in [1.54, 1.807) is 0 Å². The van der Waals surface area contributed by atoms with Crippen LogP contribution >= 0.6 is 0 Å². The number of hydrogen-bond donors (Lipinski definition) is 0. The van der Waals surface area contributed by atoms with E-state index in [9.17, 15) is 0 Å². The van der Waals surface area contributed by atoms with Crippen LogP contribution in [0.2, 0.25) is 0 Å². The zero-order valence-electron chi connectivity index (χ0n) is 8.93. The van der Waals surface area contributed by atoms with E-state index in [4.69, 9.17) is 9.78 Å². The first kappa shape index (κ1) is 15.2. The second-order valence-electron chi connectivity index (χ2n) is 4.46. The van der Waals surface area contributed by atoms with Crippen molar-refractivity contribution in [2.24, 2.45) is 0 Å². The maximum atomic E-state index is 4.88. The zero-order chi connectivity index (χ0) is 9.12. The van der Waals surface area contributed by atoms with Crippen molar-refractivity contribution in [3.63, 3.8) is 0 Å². The van der Waals surface area contributed by atoms with Crippen LogP contribution in [-0.2, 0) is 14.8 Å². The molecule has 0 aromatic carbocycles. The molecule has 2 radical (unpaired) electrons. The molecule has 4 heteroatoms. The van der Waals surface area contributed by atoms with Gasteiger partial charge < -0.3 is 0 Å². The maximum absolute atomic E-state index is 4.88. The Balaban J connectivity index is 0. The van der Waals surface area contributed by atoms with Gasteiger partial charge in [0, 0.05) is 0 Å². The third-order valence-electron chi connectivity index (χ3n) is 0.568. The molecule has 0 N–H and O–H groups in total. The molecule has 0 bridgehead atoms. The van der Waals surface area contributed by atoms with Gasteiger partial charge in [-0.15, -0.1) is 0 Å². The van der Waals surface area contributed by atoms with E-state index in [2.05, 4.69) is 5.04 Å². The van der Waals surface area contributed by atoms with E-state index >= 15 is 0 Å². The van der Waals surface area contributed by atoms with Crippen LogP contribution in [0.1, 0.15) is 41.5 Å². The van der Waals surface area contributed by atoms with Crippen molar-refractivity contribution in [2.75, 3.05) is 0 Å². The van der Waals surface area contributed by atoms with Gasteiger partial charge in [-0.3, -0.25) is 0 Å². The second kappa shape index (κ2) is 5.42. The minimum absolute atomic E-state index is 0. The van der Waals surface area contributed by atoms with E-state index in [-0.39, 0.29) is 35.1 Å². The van der Waals surface area contributed by atoms with Gasteiger partial charge in [0.25, 0.3) is 0 Å². The van der Waals surface area contributed by atoms with E-state index in [0.29, 0.717) is 0 Å². The molecule has 0 aliphatic rings. The molecule has 0 aliphatic heterocycles. The van der Waals surface area contributed by atoms with Crippen molar-refractivity contribution in [1.82, 2.24) is 0 Å². The summed E-state index contributed by atoms with van der Waals surface area (Å²) in [7, 11) is 0. The van der Waals surface area contributed by atoms with E-state index in [0.717, 1.165) is 0 Å². The predicted molar refractivity (Wildman–Crippen MR) is 51.3 cm³/mol. The van der Waals surface area contributed by atoms with Crippen LogP contribution in [-0.4, -0.2) is 35.1 Å². The van der Waals surface area contributed by atoms with Crippen LogP contribution in [0, 0.1) is 0 Å². The summed E-state index contributed by atoms with van der Waals surface area (Å²) in [6.45, 7) is 11.3. The summed E-state index contributed by atoms with van der Waals surface area (Å²) in [6.07, 6.45) is 0. The first-order valence-electron chi connectivity index (χ1n) is 3.74. The molecule has 0 spiro atoms. The Bertz CT molecular complexity index is 98.5. The van der Waals surface area contributed by atoms with Crippen molar-refractivity contribution in [3.05, 3.63) is 0 Å². The minimum atomic E-state index is -0.328. The van der Waals surface area contributed by atoms with Gasteiger partial charge in [0.15, 0.2) is 0 Å². The number of hydrogen-bond acceptors (Lipinski definition) is 3. The summed E-state index contributed by atoms with van der Waals surface area (Å²) in [6, 6.07) is 0. The van der Waals surface area contributed by atoms with Gasteiger partial charge >= 0.3 is 23.9 Å². The van der Waals surface area contributed by atoms with Crippen molar-refractivity contribution in [3.8, 4) is 0 Å². The fourth-order valence-corrected chi connectivity index (χ4v) is 0.221. The summed E-state index contributed by atoms with van der Waals surface area (Å²) >= 11 is 0. The Kier molecular flexibility index (Phi) is 6.85. The standard InChI is InChI=1S/C8H18O3.Sn.2H/c1-7(2,3)9-11-10-8(4,5)6;;;/h1-6H3;;;. The third-order valence-corrected chi connectivity index (χ3v) is 0.568. The Morgan fingerprint density at radius 1 is 0.667 bits per heavy atom. The van der Waals surface area contributed by atoms with Crippen molar-refractivity contribution in [2.45, 2.75) is 52.7 Å². The molecule has 74 valence electrons. The number of rotatable bonds is 2. The normalized spacial score (nSPS) is 12.5. The fraction of sp³-hybridized carbons (Fsp3) is 1.00. The molecular formula is C8H20O3Sn. The average Bonchev–Trinajstić information content (AvgIpc) is 1.55. The van der Waals surface area contributed by atoms with Crippen LogP contribution < -0.4 is 0 Å². The molecule has 0 aromatic heterocycles. The monoisotopic (exact) mass is 284 g/mol. The van der Waals surface area contributed by atoms with Crippen LogP contribution in [0.15, 0.2) is 0 Å². The van der Waals surface area contributed by atoms with E-state index in [1.165, 1.54) is 0 Å². The van der Waals surface area contributed by atoms with Gasteiger partial charge in [-0.2, -0.15) is 0 Å². The molecule has 0 atom stereocenters. The summed E-state index contributed by atoms with van der Waals surface area (Å²) in [5.41, 5.74) is -0.656. The summed E-state index contributed by atoms with van der Waals surface area (Å²) in [5, 5.41) is 4.56. The van der Waals surface area contributed by atoms with Gasteiger partial charge in [0.1, 0.15) is 0 Å². The van der Waals surface area contributed by atoms with Gasteiger partial charge in [0.05, 0.1) is 11.2 Å². The van der Waals surface area contributed by atoms with E-state index < -0.39 is 0 Å². The quantitative estimate of drug-likeness (QED) is 0.437. The second-order valence-corrected chi connectivity index (χ2v) is 4.46. The van der Waals surface area contributed by atoms with E-state index in [1.807, 2.05) is 41.5 Å². The topological polar surface area (TPSA) is 27.7 Å². The molecule has 12 heavy (non-hydrogen) atoms. The molecule has 3 nitrogen and oxygen atoms in total. The van der Waals surface area contributed by atoms with Crippen molar-refractivity contribution in [1.29, 1.82) is 0 Å². The fourth-order valence-electron chi connectivity index (χ4n) is 0.221. The Morgan fingerprint density at radius 3 is 1.08 bits per heavy atom. The molecule has 0 unspecified atom stereocenters. The van der Waals surface area contributed by atoms with Gasteiger partial charge in [0.2, 0.25) is 0 Å². The predicted octanol–water partition coefficient (Wildman–Crippen LogP) is 1.55. The first-order chi connectivity index (χ1) is 4.71. The first-order valence-corrected chi connectivity index (χ1v) is 3.74. The van der Waals surface area contributed by atoms with Gasteiger partial charge in [-0.1, -0.05) is 5.04 Å². The molecule has 0 amide bonds. The van der Waals surface area contributed by atoms with Crippen LogP contribution in [0.3, 0.4) is 0 Å². The third kappa shape index (κ3) is 13.3. The van der Waals surface area contributed by atoms with Crippen LogP contribution in [0.5, 0.6) is 0 Å². The molecule has 0 fully saturated rings. The summed E-state index contributed by atoms with van der Waals surface area (Å²) < 4.78 is 0. The molecule has 0 rings (SSSR count). The summed E-state index contributed by atoms with van der Waals surface area (Å²) in [4.78, 5) is 9.77. The molecule has 0 aliphatic carbocycles. The van der Waals surface area contributed by atoms with Gasteiger partial charge in [-0.05, 0) is 41.5 Å². The Morgan fingerprint density at radius 2 is 0.917 bits per heavy atom. The Labute approximate surface area is 91.6 Å². The zero-order valence-corrected chi connectivity index (χ0v) is 13.0. The van der Waals surface area contributed by atoms with Crippen molar-refractivity contribution >= 4 is 23.9 Å². The van der Waals surface area contributed by atoms with Crippen molar-refractivity contribution < 1.29 is 14.8 Å². The SMILES string of the molecule is CC(C)(C)OOOC(C)(C)C.[SnH2]. The molecule has 0 saturated carbocycles. The molecule has 0 aromatic rings. The Hall–Kier alpha value is 0.679. The molecular weight excluding hydrogens is 263 g/mol. The van der Waals surface area contributed by atoms with Gasteiger partial charge in [-0.25, -0.2) is 9.78 Å². The average molecular weight is 283 g/mol. The van der Waals surface area contributed by atoms with Crippen LogP contribution in [0.4, 0.5) is 0 Å². The summed E-state index contributed by atoms with van der Waals surface area (Å²) in [5.74, 6) is 0. The molecule has 0 heterocycles. The molecule has 0 saturated heterocycles.